The third kappa shape index (κ3) is 13.0. The molecule has 5 heteroatoms. The number of aliphatic imine (C=N–C) groups is 1. The van der Waals surface area contributed by atoms with Gasteiger partial charge in [-0.05, 0) is 98.5 Å². The van der Waals surface area contributed by atoms with Crippen LogP contribution in [0.2, 0.25) is 0 Å². The van der Waals surface area contributed by atoms with Gasteiger partial charge in [0.15, 0.2) is 0 Å². The van der Waals surface area contributed by atoms with E-state index in [0.717, 1.165) is 38.6 Å². The Balaban J connectivity index is 1.79. The van der Waals surface area contributed by atoms with Crippen molar-refractivity contribution in [3.8, 4) is 0 Å². The van der Waals surface area contributed by atoms with Crippen LogP contribution < -0.4 is 16.2 Å². The molecule has 218 valence electrons. The summed E-state index contributed by atoms with van der Waals surface area (Å²) >= 11 is 0. The molecule has 1 aliphatic carbocycles. The maximum Gasteiger partial charge on any atom is 0.0515 e. The lowest BCUT2D eigenvalue weighted by Gasteiger charge is -2.23. The largest absolute Gasteiger partial charge is 0.389 e. The first-order valence-electron chi connectivity index (χ1n) is 15.4. The maximum absolute atomic E-state index is 5.05. The minimum absolute atomic E-state index is 0.272. The van der Waals surface area contributed by atoms with Gasteiger partial charge in [0.2, 0.25) is 0 Å². The smallest absolute Gasteiger partial charge is 0.0515 e. The topological polar surface area (TPSA) is 61.3 Å². The number of allylic oxidation sites excluding steroid dienone is 5. The van der Waals surface area contributed by atoms with Gasteiger partial charge in [0, 0.05) is 43.1 Å². The third-order valence-electron chi connectivity index (χ3n) is 7.63. The molecule has 2 atom stereocenters. The summed E-state index contributed by atoms with van der Waals surface area (Å²) in [5.74, 6) is 0.504. The molecular formula is C34H57N5. The van der Waals surface area contributed by atoms with E-state index in [2.05, 4.69) is 87.5 Å². The first kappa shape index (κ1) is 32.8. The Morgan fingerprint density at radius 1 is 1.08 bits per heavy atom. The van der Waals surface area contributed by atoms with Gasteiger partial charge in [0.1, 0.15) is 0 Å². The van der Waals surface area contributed by atoms with Gasteiger partial charge in [0.05, 0.1) is 6.04 Å². The quantitative estimate of drug-likeness (QED) is 0.140. The van der Waals surface area contributed by atoms with Crippen LogP contribution in [0.3, 0.4) is 0 Å². The molecule has 3 N–H and O–H groups in total. The number of hydrogen-bond acceptors (Lipinski definition) is 5. The number of unbranched alkanes of at least 4 members (excludes halogenated alkanes) is 3. The lowest BCUT2D eigenvalue weighted by atomic mass is 9.90. The van der Waals surface area contributed by atoms with Crippen molar-refractivity contribution in [2.24, 2.45) is 16.3 Å². The van der Waals surface area contributed by atoms with E-state index in [-0.39, 0.29) is 6.04 Å². The van der Waals surface area contributed by atoms with Gasteiger partial charge in [0.25, 0.3) is 0 Å². The summed E-state index contributed by atoms with van der Waals surface area (Å²) in [7, 11) is 1.96. The van der Waals surface area contributed by atoms with E-state index in [0.29, 0.717) is 11.3 Å². The highest BCUT2D eigenvalue weighted by Crippen LogP contribution is 2.26. The minimum atomic E-state index is 0.272. The molecule has 0 saturated carbocycles. The fourth-order valence-electron chi connectivity index (χ4n) is 5.19. The van der Waals surface area contributed by atoms with Crippen molar-refractivity contribution in [1.82, 2.24) is 21.2 Å². The molecule has 1 aliphatic rings. The molecule has 1 heterocycles. The van der Waals surface area contributed by atoms with Crippen molar-refractivity contribution in [2.45, 2.75) is 118 Å². The number of hydrazine groups is 1. The van der Waals surface area contributed by atoms with Gasteiger partial charge in [-0.25, -0.2) is 5.43 Å². The van der Waals surface area contributed by atoms with Gasteiger partial charge in [-0.1, -0.05) is 66.5 Å². The molecular weight excluding hydrogens is 478 g/mol. The Kier molecular flexibility index (Phi) is 14.6. The van der Waals surface area contributed by atoms with Crippen molar-refractivity contribution in [1.29, 1.82) is 0 Å². The average Bonchev–Trinajstić information content (AvgIpc) is 2.90. The second kappa shape index (κ2) is 17.3. The van der Waals surface area contributed by atoms with Crippen LogP contribution in [0.1, 0.15) is 110 Å². The zero-order chi connectivity index (χ0) is 28.7. The first-order chi connectivity index (χ1) is 18.6. The van der Waals surface area contributed by atoms with Crippen LogP contribution in [0.15, 0.2) is 59.2 Å². The Hall–Kier alpha value is -2.40. The van der Waals surface area contributed by atoms with Crippen molar-refractivity contribution < 1.29 is 0 Å². The van der Waals surface area contributed by atoms with Crippen LogP contribution >= 0.6 is 0 Å². The van der Waals surface area contributed by atoms with E-state index in [1.54, 1.807) is 0 Å². The molecule has 0 bridgehead atoms. The Morgan fingerprint density at radius 2 is 1.85 bits per heavy atom. The lowest BCUT2D eigenvalue weighted by Crippen LogP contribution is -2.31. The number of aryl methyl sites for hydroxylation is 1. The molecule has 0 saturated heterocycles. The second-order valence-electron chi connectivity index (χ2n) is 12.5. The number of aromatic nitrogens is 1. The molecule has 1 aromatic heterocycles. The molecule has 0 fully saturated rings. The Labute approximate surface area is 240 Å². The SMILES string of the molecule is C=C(CCC(C)(C)C)NCCCCCCC(C)/C(NNC)=C1/C=CC(=NC(C)Cc2ccncc2CC)CC1. The molecule has 0 aliphatic heterocycles. The maximum atomic E-state index is 5.05. The third-order valence-corrected chi connectivity index (χ3v) is 7.63. The summed E-state index contributed by atoms with van der Waals surface area (Å²) in [5, 5.41) is 3.53. The standard InChI is InChI=1S/C34H57N5/c1-9-29-25-36-23-20-31(29)24-28(4)38-32-17-15-30(16-18-32)33(39-35-8)26(2)14-12-10-11-13-22-37-27(3)19-21-34(5,6)7/h15,17,20,23,25-26,28,35,37,39H,3,9-14,16,18-19,21-22,24H2,1-2,4-8H3/b33-30+,38-32?. The molecule has 0 spiro atoms. The number of nitrogens with one attached hydrogen (secondary N) is 3. The molecule has 1 aromatic rings. The molecule has 2 unspecified atom stereocenters. The highest BCUT2D eigenvalue weighted by atomic mass is 15.3. The zero-order valence-electron chi connectivity index (χ0n) is 26.1. The number of pyridine rings is 1. The van der Waals surface area contributed by atoms with E-state index in [1.165, 1.54) is 72.3 Å². The normalized spacial score (nSPS) is 17.7. The minimum Gasteiger partial charge on any atom is -0.389 e. The zero-order valence-corrected chi connectivity index (χ0v) is 26.1. The number of rotatable bonds is 17. The average molecular weight is 536 g/mol. The van der Waals surface area contributed by atoms with Crippen molar-refractivity contribution in [2.75, 3.05) is 13.6 Å². The number of hydrogen-bond donors (Lipinski definition) is 3. The predicted molar refractivity (Wildman–Crippen MR) is 170 cm³/mol. The highest BCUT2D eigenvalue weighted by molar-refractivity contribution is 5.96. The van der Waals surface area contributed by atoms with Crippen molar-refractivity contribution in [3.63, 3.8) is 0 Å². The fourth-order valence-corrected chi connectivity index (χ4v) is 5.19. The Bertz CT molecular complexity index is 966. The molecule has 5 nitrogen and oxygen atoms in total. The van der Waals surface area contributed by atoms with Crippen LogP contribution in [0.25, 0.3) is 0 Å². The van der Waals surface area contributed by atoms with Gasteiger partial charge in [-0.15, -0.1) is 0 Å². The summed E-state index contributed by atoms with van der Waals surface area (Å²) < 4.78 is 0. The monoisotopic (exact) mass is 535 g/mol. The summed E-state index contributed by atoms with van der Waals surface area (Å²) in [6.45, 7) is 18.9. The number of nitrogens with zero attached hydrogens (tertiary/aromatic N) is 2. The van der Waals surface area contributed by atoms with E-state index < -0.39 is 0 Å². The Morgan fingerprint density at radius 3 is 2.51 bits per heavy atom. The second-order valence-corrected chi connectivity index (χ2v) is 12.5. The lowest BCUT2D eigenvalue weighted by molar-refractivity contribution is 0.373. The van der Waals surface area contributed by atoms with E-state index >= 15 is 0 Å². The fraction of sp³-hybridized carbons (Fsp3) is 0.647. The van der Waals surface area contributed by atoms with Crippen LogP contribution in [0.4, 0.5) is 0 Å². The van der Waals surface area contributed by atoms with E-state index in [4.69, 9.17) is 4.99 Å². The summed E-state index contributed by atoms with van der Waals surface area (Å²) in [6.07, 6.45) is 20.9. The van der Waals surface area contributed by atoms with Gasteiger partial charge >= 0.3 is 0 Å². The van der Waals surface area contributed by atoms with E-state index in [9.17, 15) is 0 Å². The van der Waals surface area contributed by atoms with Crippen LogP contribution in [0.5, 0.6) is 0 Å². The molecule has 0 radical (unpaired) electrons. The predicted octanol–water partition coefficient (Wildman–Crippen LogP) is 7.86. The molecule has 0 aromatic carbocycles. The van der Waals surface area contributed by atoms with Crippen molar-refractivity contribution >= 4 is 5.71 Å². The van der Waals surface area contributed by atoms with E-state index in [1.807, 2.05) is 19.4 Å². The molecule has 39 heavy (non-hydrogen) atoms. The summed E-state index contributed by atoms with van der Waals surface area (Å²) in [4.78, 5) is 9.33. The van der Waals surface area contributed by atoms with Gasteiger partial charge < -0.3 is 10.7 Å². The molecule has 0 amide bonds. The first-order valence-corrected chi connectivity index (χ1v) is 15.4. The van der Waals surface area contributed by atoms with Crippen LogP contribution in [0, 0.1) is 11.3 Å². The van der Waals surface area contributed by atoms with Crippen molar-refractivity contribution in [3.05, 3.63) is 65.3 Å². The van der Waals surface area contributed by atoms with Crippen LogP contribution in [-0.2, 0) is 12.8 Å². The van der Waals surface area contributed by atoms with Gasteiger partial charge in [-0.3, -0.25) is 9.98 Å². The highest BCUT2D eigenvalue weighted by Gasteiger charge is 2.17. The van der Waals surface area contributed by atoms with Gasteiger partial charge in [-0.2, -0.15) is 0 Å². The molecule has 2 rings (SSSR count). The van der Waals surface area contributed by atoms with Crippen LogP contribution in [-0.4, -0.2) is 30.3 Å². The summed E-state index contributed by atoms with van der Waals surface area (Å²) in [6, 6.07) is 2.42. The summed E-state index contributed by atoms with van der Waals surface area (Å²) in [5.41, 5.74) is 14.9.